The van der Waals surface area contributed by atoms with Gasteiger partial charge in [-0.3, -0.25) is 9.59 Å². The molecule has 0 aromatic heterocycles. The van der Waals surface area contributed by atoms with Crippen LogP contribution in [0.3, 0.4) is 0 Å². The van der Waals surface area contributed by atoms with E-state index >= 15 is 0 Å². The number of hydrogen-bond acceptors (Lipinski definition) is 2. The summed E-state index contributed by atoms with van der Waals surface area (Å²) in [4.78, 5) is 26.9. The van der Waals surface area contributed by atoms with Gasteiger partial charge in [0.05, 0.1) is 6.04 Å². The van der Waals surface area contributed by atoms with Crippen LogP contribution in [0.1, 0.15) is 69.2 Å². The largest absolute Gasteiger partial charge is 0.341 e. The quantitative estimate of drug-likeness (QED) is 0.841. The highest BCUT2D eigenvalue weighted by Crippen LogP contribution is 2.26. The number of aryl methyl sites for hydroxylation is 2. The van der Waals surface area contributed by atoms with Crippen molar-refractivity contribution < 1.29 is 9.59 Å². The van der Waals surface area contributed by atoms with Crippen LogP contribution in [-0.4, -0.2) is 29.8 Å². The molecule has 1 aliphatic heterocycles. The Kier molecular flexibility index (Phi) is 6.00. The highest BCUT2D eigenvalue weighted by Gasteiger charge is 2.30. The van der Waals surface area contributed by atoms with E-state index in [1.165, 1.54) is 24.0 Å². The maximum Gasteiger partial charge on any atom is 0.311 e. The number of fused-ring (bicyclic) bond motifs is 1. The lowest BCUT2D eigenvalue weighted by atomic mass is 9.88. The number of rotatable bonds is 3. The van der Waals surface area contributed by atoms with Crippen molar-refractivity contribution in [2.24, 2.45) is 11.8 Å². The summed E-state index contributed by atoms with van der Waals surface area (Å²) in [7, 11) is 0. The lowest BCUT2D eigenvalue weighted by Gasteiger charge is -2.34. The Hall–Kier alpha value is -1.84. The zero-order chi connectivity index (χ0) is 18.7. The Bertz CT molecular complexity index is 660. The van der Waals surface area contributed by atoms with E-state index in [4.69, 9.17) is 0 Å². The Labute approximate surface area is 157 Å². The van der Waals surface area contributed by atoms with E-state index in [1.54, 1.807) is 4.90 Å². The highest BCUT2D eigenvalue weighted by molar-refractivity contribution is 6.35. The van der Waals surface area contributed by atoms with Gasteiger partial charge in [-0.1, -0.05) is 39.0 Å². The van der Waals surface area contributed by atoms with Gasteiger partial charge in [-0.05, 0) is 67.1 Å². The normalized spacial score (nSPS) is 23.9. The van der Waals surface area contributed by atoms with Crippen molar-refractivity contribution in [1.82, 2.24) is 10.2 Å². The summed E-state index contributed by atoms with van der Waals surface area (Å²) in [5, 5.41) is 2.99. The van der Waals surface area contributed by atoms with E-state index in [-0.39, 0.29) is 11.9 Å². The predicted molar refractivity (Wildman–Crippen MR) is 104 cm³/mol. The molecule has 1 aromatic rings. The van der Waals surface area contributed by atoms with Gasteiger partial charge in [0, 0.05) is 13.1 Å². The minimum atomic E-state index is -0.462. The first-order valence-electron chi connectivity index (χ1n) is 10.2. The van der Waals surface area contributed by atoms with E-state index in [9.17, 15) is 9.59 Å². The summed E-state index contributed by atoms with van der Waals surface area (Å²) in [6, 6.07) is 6.46. The fourth-order valence-corrected chi connectivity index (χ4v) is 4.58. The molecule has 2 amide bonds. The van der Waals surface area contributed by atoms with E-state index in [0.29, 0.717) is 24.9 Å². The first-order chi connectivity index (χ1) is 12.5. The number of benzene rings is 1. The van der Waals surface area contributed by atoms with E-state index in [1.807, 2.05) is 0 Å². The fourth-order valence-electron chi connectivity index (χ4n) is 4.58. The van der Waals surface area contributed by atoms with Crippen LogP contribution < -0.4 is 5.32 Å². The van der Waals surface area contributed by atoms with E-state index in [0.717, 1.165) is 31.2 Å². The molecule has 3 atom stereocenters. The molecule has 0 spiro atoms. The molecular weight excluding hydrogens is 324 g/mol. The average molecular weight is 357 g/mol. The third-order valence-corrected chi connectivity index (χ3v) is 5.84. The molecule has 1 aliphatic carbocycles. The number of carbonyl (C=O) groups is 2. The molecule has 142 valence electrons. The zero-order valence-corrected chi connectivity index (χ0v) is 16.4. The minimum Gasteiger partial charge on any atom is -0.341 e. The van der Waals surface area contributed by atoms with E-state index < -0.39 is 5.91 Å². The van der Waals surface area contributed by atoms with Gasteiger partial charge in [-0.25, -0.2) is 0 Å². The van der Waals surface area contributed by atoms with Crippen molar-refractivity contribution in [1.29, 1.82) is 0 Å². The van der Waals surface area contributed by atoms with Crippen LogP contribution in [0.5, 0.6) is 0 Å². The molecule has 4 nitrogen and oxygen atoms in total. The molecule has 0 radical (unpaired) electrons. The van der Waals surface area contributed by atoms with Gasteiger partial charge in [0.2, 0.25) is 0 Å². The van der Waals surface area contributed by atoms with Crippen LogP contribution in [0.25, 0.3) is 0 Å². The molecule has 1 heterocycles. The second-order valence-corrected chi connectivity index (χ2v) is 8.33. The summed E-state index contributed by atoms with van der Waals surface area (Å²) < 4.78 is 0. The molecule has 1 saturated heterocycles. The number of nitrogens with zero attached hydrogens (tertiary/aromatic N) is 1. The van der Waals surface area contributed by atoms with Crippen LogP contribution in [0.15, 0.2) is 18.2 Å². The summed E-state index contributed by atoms with van der Waals surface area (Å²) in [6.45, 7) is 7.73. The molecule has 1 fully saturated rings. The number of nitrogens with one attached hydrogen (secondary N) is 1. The third kappa shape index (κ3) is 4.28. The average Bonchev–Trinajstić information content (AvgIpc) is 2.64. The molecule has 26 heavy (non-hydrogen) atoms. The second-order valence-electron chi connectivity index (χ2n) is 8.33. The van der Waals surface area contributed by atoms with Crippen LogP contribution in [0.4, 0.5) is 0 Å². The molecule has 1 aromatic carbocycles. The van der Waals surface area contributed by atoms with Gasteiger partial charge >= 0.3 is 11.8 Å². The Balaban J connectivity index is 1.67. The van der Waals surface area contributed by atoms with Crippen molar-refractivity contribution in [2.45, 2.75) is 65.3 Å². The standard InChI is InChI=1S/C22H32N2O2/c1-4-20(19-10-9-17-7-5-6-8-18(17)12-19)23-21(25)22(26)24-13-15(2)11-16(3)14-24/h9-10,12,15-16,20H,4-8,11,13-14H2,1-3H3,(H,23,25). The van der Waals surface area contributed by atoms with Crippen LogP contribution in [0, 0.1) is 11.8 Å². The summed E-state index contributed by atoms with van der Waals surface area (Å²) in [5.74, 6) is 0.0758. The van der Waals surface area contributed by atoms with Crippen molar-refractivity contribution >= 4 is 11.8 Å². The Morgan fingerprint density at radius 1 is 1.12 bits per heavy atom. The smallest absolute Gasteiger partial charge is 0.311 e. The lowest BCUT2D eigenvalue weighted by molar-refractivity contribution is -0.148. The van der Waals surface area contributed by atoms with Gasteiger partial charge in [0.15, 0.2) is 0 Å². The van der Waals surface area contributed by atoms with Gasteiger partial charge in [0.25, 0.3) is 0 Å². The number of likely N-dealkylation sites (tertiary alicyclic amines) is 1. The molecule has 3 rings (SSSR count). The maximum atomic E-state index is 12.6. The van der Waals surface area contributed by atoms with Crippen molar-refractivity contribution in [3.05, 3.63) is 34.9 Å². The van der Waals surface area contributed by atoms with Gasteiger partial charge in [0.1, 0.15) is 0 Å². The number of hydrogen-bond donors (Lipinski definition) is 1. The van der Waals surface area contributed by atoms with Crippen molar-refractivity contribution in [2.75, 3.05) is 13.1 Å². The molecule has 1 N–H and O–H groups in total. The number of amides is 2. The first-order valence-corrected chi connectivity index (χ1v) is 10.2. The topological polar surface area (TPSA) is 49.4 Å². The molecular formula is C22H32N2O2. The molecule has 4 heteroatoms. The predicted octanol–water partition coefficient (Wildman–Crippen LogP) is 3.64. The SMILES string of the molecule is CCC(NC(=O)C(=O)N1CC(C)CC(C)C1)c1ccc2c(c1)CCCC2. The lowest BCUT2D eigenvalue weighted by Crippen LogP contribution is -2.49. The van der Waals surface area contributed by atoms with Gasteiger partial charge in [-0.15, -0.1) is 0 Å². The first kappa shape index (κ1) is 18.9. The number of piperidine rings is 1. The van der Waals surface area contributed by atoms with Crippen molar-refractivity contribution in [3.63, 3.8) is 0 Å². The Morgan fingerprint density at radius 3 is 2.42 bits per heavy atom. The number of carbonyl (C=O) groups excluding carboxylic acids is 2. The molecule has 0 bridgehead atoms. The summed E-state index contributed by atoms with van der Waals surface area (Å²) in [6.07, 6.45) is 6.69. The van der Waals surface area contributed by atoms with Crippen LogP contribution >= 0.6 is 0 Å². The maximum absolute atomic E-state index is 12.6. The molecule has 3 unspecified atom stereocenters. The fraction of sp³-hybridized carbons (Fsp3) is 0.636. The van der Waals surface area contributed by atoms with Gasteiger partial charge < -0.3 is 10.2 Å². The highest BCUT2D eigenvalue weighted by atomic mass is 16.2. The second kappa shape index (κ2) is 8.24. The van der Waals surface area contributed by atoms with Gasteiger partial charge in [-0.2, -0.15) is 0 Å². The Morgan fingerprint density at radius 2 is 1.77 bits per heavy atom. The molecule has 2 aliphatic rings. The summed E-state index contributed by atoms with van der Waals surface area (Å²) in [5.41, 5.74) is 3.97. The summed E-state index contributed by atoms with van der Waals surface area (Å²) >= 11 is 0. The van der Waals surface area contributed by atoms with Crippen LogP contribution in [0.2, 0.25) is 0 Å². The monoisotopic (exact) mass is 356 g/mol. The third-order valence-electron chi connectivity index (χ3n) is 5.84. The van der Waals surface area contributed by atoms with Crippen molar-refractivity contribution in [3.8, 4) is 0 Å². The zero-order valence-electron chi connectivity index (χ0n) is 16.4. The van der Waals surface area contributed by atoms with E-state index in [2.05, 4.69) is 44.3 Å². The van der Waals surface area contributed by atoms with Crippen LogP contribution in [-0.2, 0) is 22.4 Å². The minimum absolute atomic E-state index is 0.0988. The molecule has 0 saturated carbocycles.